The monoisotopic (exact) mass is 460 g/mol. The van der Waals surface area contributed by atoms with Crippen LogP contribution in [0.2, 0.25) is 0 Å². The maximum atomic E-state index is 12.3. The molecule has 0 fully saturated rings. The van der Waals surface area contributed by atoms with E-state index < -0.39 is 12.6 Å². The van der Waals surface area contributed by atoms with Crippen molar-refractivity contribution in [2.24, 2.45) is 0 Å². The molecule has 0 unspecified atom stereocenters. The molecule has 9 heteroatoms. The van der Waals surface area contributed by atoms with Crippen LogP contribution in [0.3, 0.4) is 0 Å². The topological polar surface area (TPSA) is 68.7 Å². The fourth-order valence-electron chi connectivity index (χ4n) is 2.92. The van der Waals surface area contributed by atoms with E-state index >= 15 is 0 Å². The molecule has 3 aromatic rings. The Bertz CT molecular complexity index is 1100. The first-order valence-electron chi connectivity index (χ1n) is 9.74. The highest BCUT2D eigenvalue weighted by Crippen LogP contribution is 2.30. The van der Waals surface area contributed by atoms with Crippen LogP contribution in [-0.4, -0.2) is 23.5 Å². The molecular weight excluding hydrogens is 438 g/mol. The molecule has 2 aromatic carbocycles. The molecule has 0 saturated heterocycles. The Balaban J connectivity index is 1.60. The lowest BCUT2D eigenvalue weighted by atomic mass is 10.1. The number of hydrogen-bond acceptors (Lipinski definition) is 6. The standard InChI is InChI=1S/C23H22F2N2O4S/c1-14-4-7-19(10-15(14)2)27(16(3)28)23-26-18(13-32-23)12-30-21(29)11-17-5-8-20(9-6-17)31-22(24)25/h4-10,13,22H,11-12H2,1-3H3. The second-order valence-electron chi connectivity index (χ2n) is 7.10. The first-order chi connectivity index (χ1) is 15.2. The summed E-state index contributed by atoms with van der Waals surface area (Å²) in [5.74, 6) is -0.643. The minimum Gasteiger partial charge on any atom is -0.459 e. The molecule has 168 valence electrons. The molecule has 0 atom stereocenters. The van der Waals surface area contributed by atoms with Crippen molar-refractivity contribution in [1.82, 2.24) is 4.98 Å². The minimum atomic E-state index is -2.90. The maximum absolute atomic E-state index is 12.3. The normalized spacial score (nSPS) is 10.8. The van der Waals surface area contributed by atoms with Crippen molar-refractivity contribution in [1.29, 1.82) is 0 Å². The minimum absolute atomic E-state index is 0.0194. The molecule has 1 heterocycles. The average Bonchev–Trinajstić information content (AvgIpc) is 3.18. The van der Waals surface area contributed by atoms with E-state index in [0.717, 1.165) is 16.8 Å². The number of carbonyl (C=O) groups is 2. The van der Waals surface area contributed by atoms with E-state index in [1.807, 2.05) is 32.0 Å². The zero-order chi connectivity index (χ0) is 23.3. The van der Waals surface area contributed by atoms with E-state index in [0.29, 0.717) is 16.4 Å². The lowest BCUT2D eigenvalue weighted by molar-refractivity contribution is -0.144. The van der Waals surface area contributed by atoms with Crippen molar-refractivity contribution in [2.75, 3.05) is 4.90 Å². The van der Waals surface area contributed by atoms with Crippen molar-refractivity contribution in [3.05, 3.63) is 70.2 Å². The number of carbonyl (C=O) groups excluding carboxylic acids is 2. The third-order valence-corrected chi connectivity index (χ3v) is 5.55. The summed E-state index contributed by atoms with van der Waals surface area (Å²) in [6.07, 6.45) is -0.0197. The molecule has 0 aliphatic heterocycles. The summed E-state index contributed by atoms with van der Waals surface area (Å²) in [7, 11) is 0. The van der Waals surface area contributed by atoms with Gasteiger partial charge in [0, 0.05) is 12.3 Å². The van der Waals surface area contributed by atoms with Gasteiger partial charge in [-0.3, -0.25) is 14.5 Å². The summed E-state index contributed by atoms with van der Waals surface area (Å²) < 4.78 is 33.9. The van der Waals surface area contributed by atoms with Crippen LogP contribution >= 0.6 is 11.3 Å². The number of esters is 1. The Kier molecular flexibility index (Phi) is 7.53. The van der Waals surface area contributed by atoms with E-state index in [2.05, 4.69) is 9.72 Å². The summed E-state index contributed by atoms with van der Waals surface area (Å²) in [6, 6.07) is 11.5. The smallest absolute Gasteiger partial charge is 0.387 e. The van der Waals surface area contributed by atoms with Crippen molar-refractivity contribution >= 4 is 34.0 Å². The molecule has 3 rings (SSSR count). The Morgan fingerprint density at radius 2 is 1.81 bits per heavy atom. The number of alkyl halides is 2. The Hall–Kier alpha value is -3.33. The van der Waals surface area contributed by atoms with Crippen molar-refractivity contribution in [3.63, 3.8) is 0 Å². The molecule has 0 N–H and O–H groups in total. The fourth-order valence-corrected chi connectivity index (χ4v) is 3.79. The van der Waals surface area contributed by atoms with Crippen LogP contribution < -0.4 is 9.64 Å². The Morgan fingerprint density at radius 1 is 1.09 bits per heavy atom. The summed E-state index contributed by atoms with van der Waals surface area (Å²) in [4.78, 5) is 30.3. The number of aryl methyl sites for hydroxylation is 2. The van der Waals surface area contributed by atoms with Crippen LogP contribution in [0.4, 0.5) is 19.6 Å². The van der Waals surface area contributed by atoms with E-state index in [9.17, 15) is 18.4 Å². The molecular formula is C23H22F2N2O4S. The van der Waals surface area contributed by atoms with Gasteiger partial charge >= 0.3 is 12.6 Å². The number of ether oxygens (including phenoxy) is 2. The van der Waals surface area contributed by atoms with E-state index in [1.165, 1.54) is 47.4 Å². The Labute approximate surface area is 188 Å². The van der Waals surface area contributed by atoms with Crippen molar-refractivity contribution < 1.29 is 27.8 Å². The van der Waals surface area contributed by atoms with Crippen LogP contribution in [0.1, 0.15) is 29.3 Å². The Morgan fingerprint density at radius 3 is 2.44 bits per heavy atom. The maximum Gasteiger partial charge on any atom is 0.387 e. The number of benzene rings is 2. The molecule has 0 aliphatic rings. The fraction of sp³-hybridized carbons (Fsp3) is 0.261. The molecule has 1 amide bonds. The SMILES string of the molecule is CC(=O)N(c1ccc(C)c(C)c1)c1nc(COC(=O)Cc2ccc(OC(F)F)cc2)cs1. The highest BCUT2D eigenvalue weighted by Gasteiger charge is 2.19. The van der Waals surface area contributed by atoms with Gasteiger partial charge in [0.2, 0.25) is 5.91 Å². The first-order valence-corrected chi connectivity index (χ1v) is 10.6. The predicted molar refractivity (Wildman–Crippen MR) is 117 cm³/mol. The van der Waals surface area contributed by atoms with Crippen LogP contribution in [0.25, 0.3) is 0 Å². The van der Waals surface area contributed by atoms with E-state index in [1.54, 1.807) is 5.38 Å². The molecule has 0 radical (unpaired) electrons. The van der Waals surface area contributed by atoms with Gasteiger partial charge in [0.05, 0.1) is 17.8 Å². The molecule has 6 nitrogen and oxygen atoms in total. The predicted octanol–water partition coefficient (Wildman–Crippen LogP) is 5.33. The third-order valence-electron chi connectivity index (χ3n) is 4.67. The second kappa shape index (κ2) is 10.3. The summed E-state index contributed by atoms with van der Waals surface area (Å²) in [5.41, 5.74) is 4.04. The molecule has 32 heavy (non-hydrogen) atoms. The first kappa shape index (κ1) is 23.3. The zero-order valence-electron chi connectivity index (χ0n) is 17.8. The van der Waals surface area contributed by atoms with Gasteiger partial charge in [-0.1, -0.05) is 18.2 Å². The van der Waals surface area contributed by atoms with Crippen LogP contribution in [0.5, 0.6) is 5.75 Å². The number of anilines is 2. The van der Waals surface area contributed by atoms with Crippen molar-refractivity contribution in [2.45, 2.75) is 40.4 Å². The van der Waals surface area contributed by atoms with Gasteiger partial charge in [-0.25, -0.2) is 4.98 Å². The van der Waals surface area contributed by atoms with Crippen LogP contribution in [0, 0.1) is 13.8 Å². The highest BCUT2D eigenvalue weighted by molar-refractivity contribution is 7.14. The van der Waals surface area contributed by atoms with Gasteiger partial charge < -0.3 is 9.47 Å². The van der Waals surface area contributed by atoms with Gasteiger partial charge in [-0.2, -0.15) is 8.78 Å². The number of hydrogen-bond donors (Lipinski definition) is 0. The number of aromatic nitrogens is 1. The van der Waals surface area contributed by atoms with E-state index in [-0.39, 0.29) is 24.7 Å². The van der Waals surface area contributed by atoms with Gasteiger partial charge in [0.25, 0.3) is 0 Å². The lowest BCUT2D eigenvalue weighted by Crippen LogP contribution is -2.22. The molecule has 0 bridgehead atoms. The summed E-state index contributed by atoms with van der Waals surface area (Å²) >= 11 is 1.28. The van der Waals surface area contributed by atoms with Crippen molar-refractivity contribution in [3.8, 4) is 5.75 Å². The number of thiazole rings is 1. The lowest BCUT2D eigenvalue weighted by Gasteiger charge is -2.19. The summed E-state index contributed by atoms with van der Waals surface area (Å²) in [6.45, 7) is 2.50. The highest BCUT2D eigenvalue weighted by atomic mass is 32.1. The van der Waals surface area contributed by atoms with Gasteiger partial charge in [0.15, 0.2) is 5.13 Å². The largest absolute Gasteiger partial charge is 0.459 e. The molecule has 0 spiro atoms. The number of nitrogens with zero attached hydrogens (tertiary/aromatic N) is 2. The van der Waals surface area contributed by atoms with Crippen LogP contribution in [-0.2, 0) is 27.4 Å². The van der Waals surface area contributed by atoms with Gasteiger partial charge in [0.1, 0.15) is 12.4 Å². The number of rotatable bonds is 8. The number of halogens is 2. The van der Waals surface area contributed by atoms with Gasteiger partial charge in [-0.05, 0) is 54.8 Å². The molecule has 0 saturated carbocycles. The quantitative estimate of drug-likeness (QED) is 0.425. The van der Waals surface area contributed by atoms with Gasteiger partial charge in [-0.15, -0.1) is 11.3 Å². The molecule has 0 aliphatic carbocycles. The zero-order valence-corrected chi connectivity index (χ0v) is 18.6. The average molecular weight is 461 g/mol. The second-order valence-corrected chi connectivity index (χ2v) is 7.94. The molecule has 1 aromatic heterocycles. The van der Waals surface area contributed by atoms with E-state index in [4.69, 9.17) is 4.74 Å². The van der Waals surface area contributed by atoms with Crippen LogP contribution in [0.15, 0.2) is 47.8 Å². The number of amides is 1. The third kappa shape index (κ3) is 6.10. The summed E-state index contributed by atoms with van der Waals surface area (Å²) in [5, 5.41) is 2.22.